The second kappa shape index (κ2) is 64.7. The van der Waals surface area contributed by atoms with Gasteiger partial charge in [0.2, 0.25) is 0 Å². The van der Waals surface area contributed by atoms with Gasteiger partial charge in [0, 0.05) is 1.43 Å². The molecule has 0 heterocycles. The molecule has 0 aliphatic carbocycles. The Morgan fingerprint density at radius 3 is 1.33 bits per heavy atom. The van der Waals surface area contributed by atoms with Crippen LogP contribution in [0.25, 0.3) is 0 Å². The fraction of sp³-hybridized carbons (Fsp3) is 1.00. The van der Waals surface area contributed by atoms with Gasteiger partial charge < -0.3 is 0 Å². The molecule has 2 N–H and O–H groups in total. The third-order valence-corrected chi connectivity index (χ3v) is 0. The fourth-order valence-electron chi connectivity index (χ4n) is 0. The molecule has 0 atom stereocenters. The molecule has 0 bridgehead atoms. The molecule has 0 spiro atoms. The maximum absolute atomic E-state index is 5.00. The van der Waals surface area contributed by atoms with E-state index in [1.807, 2.05) is 20.2 Å². The van der Waals surface area contributed by atoms with E-state index in [4.69, 9.17) is 11.1 Å². The maximum atomic E-state index is 5.00. The molecule has 0 aliphatic rings. The van der Waals surface area contributed by atoms with Gasteiger partial charge in [0.15, 0.2) is 0 Å². The number of hydrogen-bond donors (Lipinski definition) is 2. The first-order chi connectivity index (χ1) is 3.41. The summed E-state index contributed by atoms with van der Waals surface area (Å²) in [5.74, 6) is 0. The van der Waals surface area contributed by atoms with Crippen LogP contribution in [0.15, 0.2) is 0 Å². The number of rotatable bonds is 0. The molecule has 0 amide bonds. The van der Waals surface area contributed by atoms with Crippen LogP contribution in [0.5, 0.6) is 0 Å². The van der Waals surface area contributed by atoms with E-state index < -0.39 is 0 Å². The van der Waals surface area contributed by atoms with Crippen molar-refractivity contribution in [2.24, 2.45) is 0 Å². The molecule has 0 unspecified atom stereocenters. The summed E-state index contributed by atoms with van der Waals surface area (Å²) in [5.41, 5.74) is 10.0. The van der Waals surface area contributed by atoms with Crippen molar-refractivity contribution in [3.05, 3.63) is 0 Å². The van der Waals surface area contributed by atoms with Gasteiger partial charge in [-0.1, -0.05) is 7.43 Å². The summed E-state index contributed by atoms with van der Waals surface area (Å²) >= 11 is 9.05. The molecule has 0 saturated carbocycles. The van der Waals surface area contributed by atoms with Gasteiger partial charge in [-0.05, 0) is 0 Å². The molecule has 0 saturated heterocycles. The average Bonchev–Trinajstić information content (AvgIpc) is 1.78. The van der Waals surface area contributed by atoms with Crippen LogP contribution in [0, 0.1) is 11.1 Å². The normalized spacial score (nSPS) is 2.22. The van der Waals surface area contributed by atoms with Crippen molar-refractivity contribution in [2.45, 2.75) is 7.43 Å². The standard InChI is InChI=1S/CH4.H2N2.2Sb.Se2.H2Se.Se.H2/c;1-2;;;1-2;;;/h1H4;1-2H;;;;1H2;;1H. The quantitative estimate of drug-likeness (QED) is 0.253. The van der Waals surface area contributed by atoms with Gasteiger partial charge in [-0.25, -0.2) is 11.1 Å². The van der Waals surface area contributed by atoms with Crippen molar-refractivity contribution in [3.63, 3.8) is 0 Å². The third-order valence-electron chi connectivity index (χ3n) is 0. The second-order valence-electron chi connectivity index (χ2n) is 0.0745. The minimum atomic E-state index is 0. The van der Waals surface area contributed by atoms with Crippen LogP contribution >= 0.6 is 0 Å². The van der Waals surface area contributed by atoms with Crippen molar-refractivity contribution in [3.8, 4) is 0 Å². The van der Waals surface area contributed by atoms with E-state index in [9.17, 15) is 0 Å². The van der Waals surface area contributed by atoms with Gasteiger partial charge in [0.05, 0.1) is 0 Å². The molecule has 0 aromatic rings. The van der Waals surface area contributed by atoms with E-state index in [0.29, 0.717) is 0 Å². The fourth-order valence-corrected chi connectivity index (χ4v) is 0. The molecule has 0 fully saturated rings. The zero-order valence-electron chi connectivity index (χ0n) is 3.62. The van der Waals surface area contributed by atoms with E-state index in [2.05, 4.69) is 25.8 Å². The van der Waals surface area contributed by atoms with Crippen LogP contribution in [0.4, 0.5) is 0 Å². The number of hydrogen-bond acceptors (Lipinski definition) is 2. The van der Waals surface area contributed by atoms with Gasteiger partial charge >= 0.3 is 91.8 Å². The Balaban J connectivity index is -0.00000000536. The molecule has 0 aromatic carbocycles. The van der Waals surface area contributed by atoms with Crippen LogP contribution in [-0.4, -0.2) is 91.8 Å². The third kappa shape index (κ3) is 89.4. The Morgan fingerprint density at radius 2 is 1.33 bits per heavy atom. The Labute approximate surface area is 109 Å². The molecule has 8 heteroatoms. The predicted octanol–water partition coefficient (Wildman–Crippen LogP) is -1.34. The molecule has 9 heavy (non-hydrogen) atoms. The van der Waals surface area contributed by atoms with E-state index in [1.165, 1.54) is 0 Å². The van der Waals surface area contributed by atoms with E-state index >= 15 is 0 Å². The minimum absolute atomic E-state index is 0. The average molecular weight is 609 g/mol. The van der Waals surface area contributed by atoms with Gasteiger partial charge in [-0.2, -0.15) is 0 Å². The molecular weight excluding hydrogens is 599 g/mol. The van der Waals surface area contributed by atoms with Crippen LogP contribution in [0.3, 0.4) is 0 Å². The summed E-state index contributed by atoms with van der Waals surface area (Å²) < 4.78 is 0. The number of nitrogens with one attached hydrogen (secondary N) is 2. The Kier molecular flexibility index (Phi) is 212. The summed E-state index contributed by atoms with van der Waals surface area (Å²) in [4.78, 5) is 0. The molecule has 58 valence electrons. The first kappa shape index (κ1) is 29.5. The van der Waals surface area contributed by atoms with Crippen LogP contribution in [0.2, 0.25) is 0 Å². The first-order valence-electron chi connectivity index (χ1n) is 0.782. The van der Waals surface area contributed by atoms with Crippen molar-refractivity contribution >= 4 is 91.8 Å². The van der Waals surface area contributed by atoms with Crippen LogP contribution in [-0.2, 0) is 0 Å². The Bertz CT molecular complexity index is 57.2. The van der Waals surface area contributed by atoms with Gasteiger partial charge in [-0.15, -0.1) is 0 Å². The molecule has 0 aromatic heterocycles. The topological polar surface area (TPSA) is 47.7 Å². The molecule has 0 aliphatic heterocycles. The molecule has 2 nitrogen and oxygen atoms in total. The van der Waals surface area contributed by atoms with Crippen LogP contribution < -0.4 is 0 Å². The zero-order chi connectivity index (χ0) is 6.71. The van der Waals surface area contributed by atoms with E-state index in [-0.39, 0.29) is 25.9 Å². The van der Waals surface area contributed by atoms with E-state index in [0.717, 1.165) is 8.68 Å². The molecule has 2 radical (unpaired) electrons. The Morgan fingerprint density at radius 1 is 1.33 bits per heavy atom. The first-order valence-corrected chi connectivity index (χ1v) is 17.5. The van der Waals surface area contributed by atoms with Gasteiger partial charge in [-0.3, -0.25) is 0 Å². The van der Waals surface area contributed by atoms with Crippen molar-refractivity contribution in [1.82, 2.24) is 0 Å². The van der Waals surface area contributed by atoms with Crippen molar-refractivity contribution in [2.75, 3.05) is 0 Å². The van der Waals surface area contributed by atoms with Crippen molar-refractivity contribution in [1.29, 1.82) is 11.1 Å². The summed E-state index contributed by atoms with van der Waals surface area (Å²) in [7, 11) is 0.800. The predicted molar refractivity (Wildman–Crippen MR) is 51.6 cm³/mol. The summed E-state index contributed by atoms with van der Waals surface area (Å²) in [6.07, 6.45) is 0. The monoisotopic (exact) mass is 612 g/mol. The summed E-state index contributed by atoms with van der Waals surface area (Å²) in [5, 5.41) is 0. The van der Waals surface area contributed by atoms with Gasteiger partial charge in [0.25, 0.3) is 0 Å². The SMILES string of the molecule is C.N=N.[HH].[SeH2].[Se]=[Sb].[Se]=[Se]=[Sb]. The van der Waals surface area contributed by atoms with Crippen LogP contribution in [0.1, 0.15) is 8.85 Å². The van der Waals surface area contributed by atoms with Crippen molar-refractivity contribution < 1.29 is 1.43 Å². The Hall–Kier alpha value is 3.31. The molecular formula is CH10N2Sb2Se4. The summed E-state index contributed by atoms with van der Waals surface area (Å²) in [6, 6.07) is 0. The van der Waals surface area contributed by atoms with E-state index in [1.54, 1.807) is 20.2 Å². The second-order valence-corrected chi connectivity index (χ2v) is 13.5. The zero-order valence-corrected chi connectivity index (χ0v) is 16.0. The molecule has 0 rings (SSSR count). The van der Waals surface area contributed by atoms with Gasteiger partial charge in [0.1, 0.15) is 0 Å². The summed E-state index contributed by atoms with van der Waals surface area (Å²) in [6.45, 7) is 0.